The summed E-state index contributed by atoms with van der Waals surface area (Å²) in [5, 5.41) is 7.00. The molecule has 4 nitrogen and oxygen atoms in total. The van der Waals surface area contributed by atoms with Gasteiger partial charge in [0.1, 0.15) is 16.7 Å². The molecule has 0 bridgehead atoms. The van der Waals surface area contributed by atoms with Crippen molar-refractivity contribution in [1.82, 2.24) is 4.98 Å². The summed E-state index contributed by atoms with van der Waals surface area (Å²) in [7, 11) is 0. The smallest absolute Gasteiger partial charge is 0.227 e. The maximum atomic E-state index is 6.34. The van der Waals surface area contributed by atoms with E-state index < -0.39 is 0 Å². The van der Waals surface area contributed by atoms with Crippen LogP contribution in [0, 0.1) is 0 Å². The number of rotatable bonds is 7. The van der Waals surface area contributed by atoms with Gasteiger partial charge in [0.25, 0.3) is 0 Å². The van der Waals surface area contributed by atoms with Crippen LogP contribution in [0.5, 0.6) is 0 Å². The maximum Gasteiger partial charge on any atom is 0.227 e. The molecule has 0 atom stereocenters. The first kappa shape index (κ1) is 34.8. The molecule has 2 aromatic heterocycles. The Kier molecular flexibility index (Phi) is 8.13. The van der Waals surface area contributed by atoms with Crippen LogP contribution in [-0.2, 0) is 0 Å². The zero-order valence-corrected chi connectivity index (χ0v) is 33.0. The summed E-state index contributed by atoms with van der Waals surface area (Å²) in [6.07, 6.45) is 0. The van der Waals surface area contributed by atoms with Gasteiger partial charge in [-0.25, -0.2) is 4.98 Å². The molecule has 0 saturated carbocycles. The van der Waals surface area contributed by atoms with Crippen LogP contribution >= 0.6 is 0 Å². The van der Waals surface area contributed by atoms with Crippen molar-refractivity contribution in [2.24, 2.45) is 0 Å². The minimum Gasteiger partial charge on any atom is -0.456 e. The van der Waals surface area contributed by atoms with Crippen LogP contribution in [0.4, 0.5) is 17.1 Å². The molecule has 2 heterocycles. The van der Waals surface area contributed by atoms with Gasteiger partial charge < -0.3 is 13.7 Å². The van der Waals surface area contributed by atoms with E-state index in [1.165, 1.54) is 38.2 Å². The van der Waals surface area contributed by atoms with Crippen molar-refractivity contribution in [2.45, 2.75) is 0 Å². The van der Waals surface area contributed by atoms with Crippen LogP contribution in [0.15, 0.2) is 227 Å². The fourth-order valence-corrected chi connectivity index (χ4v) is 8.93. The fourth-order valence-electron chi connectivity index (χ4n) is 8.93. The van der Waals surface area contributed by atoms with Crippen molar-refractivity contribution in [3.8, 4) is 44.8 Å². The highest BCUT2D eigenvalue weighted by Gasteiger charge is 2.19. The van der Waals surface area contributed by atoms with Gasteiger partial charge in [-0.2, -0.15) is 0 Å². The Morgan fingerprint density at radius 1 is 0.328 bits per heavy atom. The van der Waals surface area contributed by atoms with Gasteiger partial charge >= 0.3 is 0 Å². The van der Waals surface area contributed by atoms with Crippen LogP contribution in [0.3, 0.4) is 0 Å². The van der Waals surface area contributed by atoms with E-state index >= 15 is 0 Å². The van der Waals surface area contributed by atoms with Crippen LogP contribution < -0.4 is 4.90 Å². The van der Waals surface area contributed by atoms with Crippen LogP contribution in [0.25, 0.3) is 99.4 Å². The van der Waals surface area contributed by atoms with Crippen molar-refractivity contribution in [3.63, 3.8) is 0 Å². The number of hydrogen-bond donors (Lipinski definition) is 0. The second-order valence-electron chi connectivity index (χ2n) is 15.5. The molecule has 12 rings (SSSR count). The van der Waals surface area contributed by atoms with Gasteiger partial charge in [0.05, 0.1) is 5.39 Å². The van der Waals surface area contributed by atoms with E-state index in [9.17, 15) is 0 Å². The highest BCUT2D eigenvalue weighted by molar-refractivity contribution is 6.17. The summed E-state index contributed by atoms with van der Waals surface area (Å²) in [5.74, 6) is 0.597. The molecule has 61 heavy (non-hydrogen) atoms. The monoisotopic (exact) mass is 780 g/mol. The van der Waals surface area contributed by atoms with Gasteiger partial charge in [0.2, 0.25) is 5.89 Å². The minimum atomic E-state index is 0.597. The molecular formula is C57H36N2O2. The molecule has 286 valence electrons. The summed E-state index contributed by atoms with van der Waals surface area (Å²) in [6.45, 7) is 0. The normalized spacial score (nSPS) is 11.6. The van der Waals surface area contributed by atoms with Crippen molar-refractivity contribution >= 4 is 71.6 Å². The zero-order valence-electron chi connectivity index (χ0n) is 33.0. The summed E-state index contributed by atoms with van der Waals surface area (Å²) < 4.78 is 12.6. The molecule has 0 N–H and O–H groups in total. The van der Waals surface area contributed by atoms with Crippen LogP contribution in [0.2, 0.25) is 0 Å². The van der Waals surface area contributed by atoms with E-state index in [1.807, 2.05) is 42.5 Å². The van der Waals surface area contributed by atoms with Crippen LogP contribution in [0.1, 0.15) is 0 Å². The van der Waals surface area contributed by atoms with Gasteiger partial charge in [-0.1, -0.05) is 140 Å². The Balaban J connectivity index is 0.946. The molecule has 12 aromatic rings. The topological polar surface area (TPSA) is 42.4 Å². The predicted molar refractivity (Wildman–Crippen MR) is 253 cm³/mol. The maximum absolute atomic E-state index is 6.34. The number of hydrogen-bond acceptors (Lipinski definition) is 4. The lowest BCUT2D eigenvalue weighted by molar-refractivity contribution is 0.619. The van der Waals surface area contributed by atoms with Gasteiger partial charge in [-0.05, 0) is 134 Å². The highest BCUT2D eigenvalue weighted by Crippen LogP contribution is 2.42. The first-order valence-electron chi connectivity index (χ1n) is 20.6. The van der Waals surface area contributed by atoms with Crippen molar-refractivity contribution in [1.29, 1.82) is 0 Å². The Bertz CT molecular complexity index is 3570. The van der Waals surface area contributed by atoms with Crippen molar-refractivity contribution in [3.05, 3.63) is 218 Å². The quantitative estimate of drug-likeness (QED) is 0.151. The van der Waals surface area contributed by atoms with E-state index in [0.29, 0.717) is 5.89 Å². The highest BCUT2D eigenvalue weighted by atomic mass is 16.4. The molecule has 0 aliphatic carbocycles. The van der Waals surface area contributed by atoms with Gasteiger partial charge in [0, 0.05) is 28.0 Å². The number of aromatic nitrogens is 1. The standard InChI is InChI=1S/C57H36N2O2/c1-3-12-37(13-4-1)41-17-11-18-46(34-41)59(45-29-24-39(25-30-45)50-36-43-16-7-8-19-47(43)48-20-9-10-21-49(48)50)44-27-22-38(23-28-44)42-26-31-52-51(35-42)55-53(60-52)32-33-54-56(55)58-57(61-54)40-14-5-2-6-15-40/h1-36H. The molecule has 0 unspecified atom stereocenters. The van der Waals surface area contributed by atoms with E-state index in [4.69, 9.17) is 13.8 Å². The largest absolute Gasteiger partial charge is 0.456 e. The first-order chi connectivity index (χ1) is 30.2. The number of benzene rings is 10. The van der Waals surface area contributed by atoms with E-state index in [2.05, 4.69) is 181 Å². The van der Waals surface area contributed by atoms with E-state index in [-0.39, 0.29) is 0 Å². The second-order valence-corrected chi connectivity index (χ2v) is 15.5. The number of fused-ring (bicyclic) bond motifs is 8. The Morgan fingerprint density at radius 3 is 1.67 bits per heavy atom. The number of anilines is 3. The lowest BCUT2D eigenvalue weighted by Crippen LogP contribution is -2.10. The van der Waals surface area contributed by atoms with Crippen LogP contribution in [-0.4, -0.2) is 4.98 Å². The van der Waals surface area contributed by atoms with Gasteiger partial charge in [-0.15, -0.1) is 0 Å². The third kappa shape index (κ3) is 6.04. The number of oxazole rings is 1. The average Bonchev–Trinajstić information content (AvgIpc) is 3.94. The molecule has 10 aromatic carbocycles. The molecule has 0 fully saturated rings. The molecule has 0 spiro atoms. The summed E-state index contributed by atoms with van der Waals surface area (Å²) >= 11 is 0. The Hall–Kier alpha value is -8.21. The minimum absolute atomic E-state index is 0.597. The SMILES string of the molecule is c1ccc(-c2cccc(N(c3ccc(-c4ccc5oc6ccc7oc(-c8ccccc8)nc7c6c5c4)cc3)c3ccc(-c4cc5ccccc5c5ccccc45)cc3)c2)cc1. The molecule has 0 aliphatic heterocycles. The zero-order chi connectivity index (χ0) is 40.3. The molecule has 0 aliphatic rings. The number of nitrogens with zero attached hydrogens (tertiary/aromatic N) is 2. The van der Waals surface area contributed by atoms with E-state index in [1.54, 1.807) is 0 Å². The fraction of sp³-hybridized carbons (Fsp3) is 0. The Labute approximate surface area is 352 Å². The third-order valence-electron chi connectivity index (χ3n) is 11.9. The number of furan rings is 1. The molecule has 0 saturated heterocycles. The molecule has 4 heteroatoms. The summed E-state index contributed by atoms with van der Waals surface area (Å²) in [5.41, 5.74) is 14.2. The predicted octanol–water partition coefficient (Wildman–Crippen LogP) is 16.2. The lowest BCUT2D eigenvalue weighted by atomic mass is 9.93. The summed E-state index contributed by atoms with van der Waals surface area (Å²) in [4.78, 5) is 7.31. The first-order valence-corrected chi connectivity index (χ1v) is 20.6. The molecule has 0 radical (unpaired) electrons. The Morgan fingerprint density at radius 2 is 0.902 bits per heavy atom. The van der Waals surface area contributed by atoms with Gasteiger partial charge in [-0.3, -0.25) is 0 Å². The molecular weight excluding hydrogens is 745 g/mol. The van der Waals surface area contributed by atoms with Crippen molar-refractivity contribution < 1.29 is 8.83 Å². The van der Waals surface area contributed by atoms with Crippen molar-refractivity contribution in [2.75, 3.05) is 4.90 Å². The summed E-state index contributed by atoms with van der Waals surface area (Å²) in [6, 6.07) is 77.3. The second kappa shape index (κ2) is 14.3. The van der Waals surface area contributed by atoms with E-state index in [0.717, 1.165) is 72.4 Å². The average molecular weight is 781 g/mol. The van der Waals surface area contributed by atoms with Gasteiger partial charge in [0.15, 0.2) is 5.58 Å². The third-order valence-corrected chi connectivity index (χ3v) is 11.9. The molecule has 0 amide bonds. The lowest BCUT2D eigenvalue weighted by Gasteiger charge is -2.26.